The molecule has 82 valence electrons. The summed E-state index contributed by atoms with van der Waals surface area (Å²) in [6, 6.07) is 0. The molecule has 1 aliphatic rings. The molecular weight excluding hydrogens is 180 g/mol. The van der Waals surface area contributed by atoms with Gasteiger partial charge in [-0.2, -0.15) is 0 Å². The van der Waals surface area contributed by atoms with Crippen molar-refractivity contribution in [2.45, 2.75) is 51.6 Å². The zero-order chi connectivity index (χ0) is 11.0. The molecule has 1 saturated heterocycles. The molecule has 0 atom stereocenters. The third-order valence-corrected chi connectivity index (χ3v) is 3.31. The van der Waals surface area contributed by atoms with Gasteiger partial charge >= 0.3 is 0 Å². The van der Waals surface area contributed by atoms with Crippen molar-refractivity contribution in [3.63, 3.8) is 0 Å². The molecule has 0 bridgehead atoms. The number of hydrogen-bond acceptors (Lipinski definition) is 2. The predicted molar refractivity (Wildman–Crippen MR) is 55.9 cm³/mol. The highest BCUT2D eigenvalue weighted by Crippen LogP contribution is 2.32. The SMILES string of the molecule is CCC1(CC)C(=O)NCC(C)(C)N1[OH2+]. The Hall–Kier alpha value is -0.610. The zero-order valence-electron chi connectivity index (χ0n) is 9.48. The van der Waals surface area contributed by atoms with Gasteiger partial charge in [0.1, 0.15) is 5.54 Å². The summed E-state index contributed by atoms with van der Waals surface area (Å²) in [5.41, 5.74) is -0.915. The van der Waals surface area contributed by atoms with Crippen molar-refractivity contribution in [3.05, 3.63) is 0 Å². The molecule has 1 rings (SSSR count). The molecule has 0 aromatic rings. The first kappa shape index (κ1) is 11.5. The van der Waals surface area contributed by atoms with Crippen LogP contribution in [0.5, 0.6) is 0 Å². The number of rotatable bonds is 2. The van der Waals surface area contributed by atoms with Crippen LogP contribution in [-0.4, -0.2) is 33.8 Å². The number of hydrogen-bond donors (Lipinski definition) is 1. The minimum absolute atomic E-state index is 0.00294. The van der Waals surface area contributed by atoms with Crippen molar-refractivity contribution in [1.29, 1.82) is 0 Å². The maximum absolute atomic E-state index is 11.8. The van der Waals surface area contributed by atoms with E-state index >= 15 is 0 Å². The Bertz CT molecular complexity index is 234. The number of amides is 1. The molecule has 3 N–H and O–H groups in total. The first-order valence-electron chi connectivity index (χ1n) is 5.20. The molecule has 0 aliphatic carbocycles. The Morgan fingerprint density at radius 3 is 2.29 bits per heavy atom. The third-order valence-electron chi connectivity index (χ3n) is 3.31. The monoisotopic (exact) mass is 201 g/mol. The second kappa shape index (κ2) is 3.51. The minimum Gasteiger partial charge on any atom is -0.352 e. The lowest BCUT2D eigenvalue weighted by atomic mass is 9.84. The van der Waals surface area contributed by atoms with Gasteiger partial charge in [-0.25, -0.2) is 0 Å². The van der Waals surface area contributed by atoms with Crippen molar-refractivity contribution >= 4 is 5.91 Å². The lowest BCUT2D eigenvalue weighted by Gasteiger charge is -2.46. The molecule has 0 radical (unpaired) electrons. The average molecular weight is 201 g/mol. The van der Waals surface area contributed by atoms with E-state index in [4.69, 9.17) is 5.21 Å². The van der Waals surface area contributed by atoms with Gasteiger partial charge in [-0.15, -0.1) is 0 Å². The van der Waals surface area contributed by atoms with E-state index in [1.165, 1.54) is 5.06 Å². The second-order valence-electron chi connectivity index (χ2n) is 4.57. The van der Waals surface area contributed by atoms with Crippen molar-refractivity contribution in [2.24, 2.45) is 0 Å². The van der Waals surface area contributed by atoms with E-state index in [2.05, 4.69) is 5.32 Å². The molecule has 0 saturated carbocycles. The van der Waals surface area contributed by atoms with Gasteiger partial charge in [0.25, 0.3) is 0 Å². The summed E-state index contributed by atoms with van der Waals surface area (Å²) in [5, 5.41) is 12.5. The maximum Gasteiger partial charge on any atom is 0.247 e. The molecule has 14 heavy (non-hydrogen) atoms. The first-order chi connectivity index (χ1) is 6.40. The van der Waals surface area contributed by atoms with Gasteiger partial charge in [-0.05, 0) is 26.7 Å². The highest BCUT2D eigenvalue weighted by Gasteiger charge is 2.54. The van der Waals surface area contributed by atoms with Gasteiger partial charge in [0.15, 0.2) is 5.54 Å². The Balaban J connectivity index is 3.05. The summed E-state index contributed by atoms with van der Waals surface area (Å²) in [6.07, 6.45) is 1.37. The Labute approximate surface area is 85.2 Å². The first-order valence-corrected chi connectivity index (χ1v) is 5.20. The fraction of sp³-hybridized carbons (Fsp3) is 0.900. The van der Waals surface area contributed by atoms with E-state index in [0.717, 1.165) is 0 Å². The van der Waals surface area contributed by atoms with E-state index in [0.29, 0.717) is 19.4 Å². The number of piperazine rings is 1. The van der Waals surface area contributed by atoms with E-state index in [9.17, 15) is 4.79 Å². The van der Waals surface area contributed by atoms with Gasteiger partial charge in [0.05, 0.1) is 0 Å². The van der Waals surface area contributed by atoms with E-state index < -0.39 is 5.54 Å². The highest BCUT2D eigenvalue weighted by molar-refractivity contribution is 5.87. The zero-order valence-corrected chi connectivity index (χ0v) is 9.48. The van der Waals surface area contributed by atoms with E-state index in [1.807, 2.05) is 27.7 Å². The van der Waals surface area contributed by atoms with Crippen LogP contribution in [0.25, 0.3) is 0 Å². The van der Waals surface area contributed by atoms with Gasteiger partial charge in [0.2, 0.25) is 5.91 Å². The molecule has 4 nitrogen and oxygen atoms in total. The molecule has 0 aromatic heterocycles. The average Bonchev–Trinajstić information content (AvgIpc) is 2.16. The van der Waals surface area contributed by atoms with Crippen molar-refractivity contribution < 1.29 is 10.0 Å². The molecular formula is C10H21N2O2+. The summed E-state index contributed by atoms with van der Waals surface area (Å²) in [6.45, 7) is 8.45. The largest absolute Gasteiger partial charge is 0.352 e. The van der Waals surface area contributed by atoms with Gasteiger partial charge < -0.3 is 10.5 Å². The number of carbonyl (C=O) groups excluding carboxylic acids is 1. The normalized spacial score (nSPS) is 25.9. The molecule has 1 heterocycles. The Kier molecular flexibility index (Phi) is 2.88. The van der Waals surface area contributed by atoms with E-state index in [1.54, 1.807) is 0 Å². The van der Waals surface area contributed by atoms with Crippen LogP contribution < -0.4 is 5.32 Å². The van der Waals surface area contributed by atoms with Crippen LogP contribution in [0.2, 0.25) is 0 Å². The number of nitrogens with zero attached hydrogens (tertiary/aromatic N) is 1. The molecule has 1 fully saturated rings. The highest BCUT2D eigenvalue weighted by atomic mass is 16.5. The van der Waals surface area contributed by atoms with Gasteiger partial charge in [-0.3, -0.25) is 4.79 Å². The quantitative estimate of drug-likeness (QED) is 0.657. The molecule has 1 aliphatic heterocycles. The molecule has 0 unspecified atom stereocenters. The fourth-order valence-corrected chi connectivity index (χ4v) is 2.11. The summed E-state index contributed by atoms with van der Waals surface area (Å²) in [7, 11) is 0. The smallest absolute Gasteiger partial charge is 0.247 e. The fourth-order valence-electron chi connectivity index (χ4n) is 2.11. The van der Waals surface area contributed by atoms with Crippen molar-refractivity contribution in [1.82, 2.24) is 10.4 Å². The van der Waals surface area contributed by atoms with Crippen LogP contribution in [0.3, 0.4) is 0 Å². The lowest BCUT2D eigenvalue weighted by Crippen LogP contribution is -2.71. The Morgan fingerprint density at radius 1 is 1.43 bits per heavy atom. The van der Waals surface area contributed by atoms with Crippen LogP contribution in [0.1, 0.15) is 40.5 Å². The maximum atomic E-state index is 11.8. The third kappa shape index (κ3) is 1.42. The van der Waals surface area contributed by atoms with Crippen molar-refractivity contribution in [3.8, 4) is 0 Å². The Morgan fingerprint density at radius 2 is 1.93 bits per heavy atom. The summed E-state index contributed by atoms with van der Waals surface area (Å²) in [4.78, 5) is 11.8. The van der Waals surface area contributed by atoms with Crippen LogP contribution >= 0.6 is 0 Å². The summed E-state index contributed by atoms with van der Waals surface area (Å²) in [5.74, 6) is -0.00294. The topological polar surface area (TPSA) is 55.2 Å². The minimum atomic E-state index is -0.637. The van der Waals surface area contributed by atoms with Gasteiger partial charge in [-0.1, -0.05) is 18.9 Å². The van der Waals surface area contributed by atoms with Crippen LogP contribution in [0.15, 0.2) is 0 Å². The predicted octanol–water partition coefficient (Wildman–Crippen LogP) is 0.395. The standard InChI is InChI=1S/C10H20N2O2/c1-5-10(6-2)8(13)11-7-9(3,4)12(10)14/h14H,5-7H2,1-4H3,(H,11,13)/p+1. The number of carbonyl (C=O) groups is 1. The molecule has 0 aromatic carbocycles. The van der Waals surface area contributed by atoms with E-state index in [-0.39, 0.29) is 11.4 Å². The molecule has 4 heteroatoms. The van der Waals surface area contributed by atoms with Crippen LogP contribution in [-0.2, 0) is 4.79 Å². The number of nitrogens with one attached hydrogen (secondary N) is 1. The number of hydroxylamine groups is 2. The molecule has 1 amide bonds. The lowest BCUT2D eigenvalue weighted by molar-refractivity contribution is -0.242. The molecule has 0 spiro atoms. The summed E-state index contributed by atoms with van der Waals surface area (Å²) >= 11 is 0. The van der Waals surface area contributed by atoms with Crippen LogP contribution in [0, 0.1) is 0 Å². The summed E-state index contributed by atoms with van der Waals surface area (Å²) < 4.78 is 0. The van der Waals surface area contributed by atoms with Crippen molar-refractivity contribution in [2.75, 3.05) is 6.54 Å². The second-order valence-corrected chi connectivity index (χ2v) is 4.57. The van der Waals surface area contributed by atoms with Gasteiger partial charge in [0, 0.05) is 6.54 Å². The van der Waals surface area contributed by atoms with Crippen LogP contribution in [0.4, 0.5) is 0 Å².